The predicted octanol–water partition coefficient (Wildman–Crippen LogP) is 0.913. The van der Waals surface area contributed by atoms with Crippen LogP contribution >= 0.6 is 0 Å². The van der Waals surface area contributed by atoms with E-state index in [4.69, 9.17) is 4.74 Å². The van der Waals surface area contributed by atoms with Crippen LogP contribution in [0.3, 0.4) is 0 Å². The standard InChI is InChI=1S/C16H22N2O4/c1-21-15(19)12-14(16(20)22-2)18-10-8-17(9-11-18)13-6-4-3-5-7-13/h3-7,14H,8-12H2,1-2H3. The Bertz CT molecular complexity index is 498. The van der Waals surface area contributed by atoms with Crippen LogP contribution in [0.5, 0.6) is 0 Å². The minimum absolute atomic E-state index is 0.0223. The molecule has 1 aromatic rings. The Morgan fingerprint density at radius 1 is 1.05 bits per heavy atom. The molecule has 2 rings (SSSR count). The molecule has 120 valence electrons. The average Bonchev–Trinajstić information content (AvgIpc) is 2.59. The molecule has 6 nitrogen and oxygen atoms in total. The van der Waals surface area contributed by atoms with Gasteiger partial charge in [0.1, 0.15) is 6.04 Å². The highest BCUT2D eigenvalue weighted by Crippen LogP contribution is 2.18. The van der Waals surface area contributed by atoms with Crippen LogP contribution in [0.2, 0.25) is 0 Å². The van der Waals surface area contributed by atoms with Gasteiger partial charge in [0.2, 0.25) is 0 Å². The molecule has 0 spiro atoms. The fraction of sp³-hybridized carbons (Fsp3) is 0.500. The van der Waals surface area contributed by atoms with Gasteiger partial charge in [-0.15, -0.1) is 0 Å². The first-order valence-corrected chi connectivity index (χ1v) is 7.34. The Kier molecular flexibility index (Phi) is 5.77. The molecular weight excluding hydrogens is 284 g/mol. The molecule has 0 N–H and O–H groups in total. The molecule has 0 aromatic heterocycles. The number of esters is 2. The lowest BCUT2D eigenvalue weighted by atomic mass is 10.1. The quantitative estimate of drug-likeness (QED) is 0.754. The SMILES string of the molecule is COC(=O)CC(C(=O)OC)N1CCN(c2ccccc2)CC1. The second kappa shape index (κ2) is 7.79. The Morgan fingerprint density at radius 2 is 1.68 bits per heavy atom. The van der Waals surface area contributed by atoms with Gasteiger partial charge >= 0.3 is 11.9 Å². The Balaban J connectivity index is 1.98. The Morgan fingerprint density at radius 3 is 2.23 bits per heavy atom. The molecule has 0 radical (unpaired) electrons. The van der Waals surface area contributed by atoms with Crippen molar-refractivity contribution in [1.82, 2.24) is 4.90 Å². The number of carbonyl (C=O) groups is 2. The number of piperazine rings is 1. The minimum Gasteiger partial charge on any atom is -0.469 e. The molecule has 1 aliphatic heterocycles. The van der Waals surface area contributed by atoms with Crippen LogP contribution in [0, 0.1) is 0 Å². The molecule has 1 atom stereocenters. The molecule has 0 amide bonds. The van der Waals surface area contributed by atoms with Gasteiger partial charge in [-0.05, 0) is 12.1 Å². The number of para-hydroxylation sites is 1. The van der Waals surface area contributed by atoms with Gasteiger partial charge in [-0.1, -0.05) is 18.2 Å². The normalized spacial score (nSPS) is 16.9. The topological polar surface area (TPSA) is 59.1 Å². The zero-order chi connectivity index (χ0) is 15.9. The highest BCUT2D eigenvalue weighted by molar-refractivity contribution is 5.82. The summed E-state index contributed by atoms with van der Waals surface area (Å²) >= 11 is 0. The third-order valence-electron chi connectivity index (χ3n) is 3.94. The molecule has 1 fully saturated rings. The second-order valence-corrected chi connectivity index (χ2v) is 5.18. The smallest absolute Gasteiger partial charge is 0.323 e. The summed E-state index contributed by atoms with van der Waals surface area (Å²) in [5.74, 6) is -0.792. The van der Waals surface area contributed by atoms with E-state index in [1.54, 1.807) is 0 Å². The number of carbonyl (C=O) groups excluding carboxylic acids is 2. The van der Waals surface area contributed by atoms with Crippen LogP contribution < -0.4 is 4.90 Å². The summed E-state index contributed by atoms with van der Waals surface area (Å²) in [4.78, 5) is 27.7. The van der Waals surface area contributed by atoms with Gasteiger partial charge in [0.15, 0.2) is 0 Å². The summed E-state index contributed by atoms with van der Waals surface area (Å²) in [6.07, 6.45) is 0.0223. The lowest BCUT2D eigenvalue weighted by Crippen LogP contribution is -2.53. The number of benzene rings is 1. The first-order chi connectivity index (χ1) is 10.7. The molecule has 1 aromatic carbocycles. The Labute approximate surface area is 130 Å². The summed E-state index contributed by atoms with van der Waals surface area (Å²) in [5, 5.41) is 0. The van der Waals surface area contributed by atoms with Gasteiger partial charge in [-0.2, -0.15) is 0 Å². The van der Waals surface area contributed by atoms with Gasteiger partial charge < -0.3 is 14.4 Å². The summed E-state index contributed by atoms with van der Waals surface area (Å²) in [6.45, 7) is 3.01. The molecule has 22 heavy (non-hydrogen) atoms. The third kappa shape index (κ3) is 3.98. The highest BCUT2D eigenvalue weighted by Gasteiger charge is 2.32. The van der Waals surface area contributed by atoms with Crippen molar-refractivity contribution in [2.75, 3.05) is 45.3 Å². The highest BCUT2D eigenvalue weighted by atomic mass is 16.5. The minimum atomic E-state index is -0.574. The zero-order valence-electron chi connectivity index (χ0n) is 13.0. The van der Waals surface area contributed by atoms with Crippen molar-refractivity contribution in [2.24, 2.45) is 0 Å². The summed E-state index contributed by atoms with van der Waals surface area (Å²) in [5.41, 5.74) is 1.17. The van der Waals surface area contributed by atoms with Crippen LogP contribution in [0.15, 0.2) is 30.3 Å². The number of ether oxygens (including phenoxy) is 2. The fourth-order valence-corrected chi connectivity index (χ4v) is 2.67. The van der Waals surface area contributed by atoms with E-state index in [1.807, 2.05) is 23.1 Å². The number of hydrogen-bond acceptors (Lipinski definition) is 6. The molecule has 0 saturated carbocycles. The van der Waals surface area contributed by atoms with Gasteiger partial charge in [0.05, 0.1) is 20.6 Å². The Hall–Kier alpha value is -2.08. The number of nitrogens with zero attached hydrogens (tertiary/aromatic N) is 2. The van der Waals surface area contributed by atoms with Crippen molar-refractivity contribution in [3.63, 3.8) is 0 Å². The van der Waals surface area contributed by atoms with E-state index in [0.717, 1.165) is 13.1 Å². The molecule has 0 bridgehead atoms. The van der Waals surface area contributed by atoms with Crippen molar-refractivity contribution in [3.8, 4) is 0 Å². The zero-order valence-corrected chi connectivity index (χ0v) is 13.0. The average molecular weight is 306 g/mol. The first-order valence-electron chi connectivity index (χ1n) is 7.34. The van der Waals surface area contributed by atoms with Gasteiger partial charge in [0, 0.05) is 31.9 Å². The van der Waals surface area contributed by atoms with E-state index in [1.165, 1.54) is 19.9 Å². The number of rotatable bonds is 5. The molecule has 1 heterocycles. The monoisotopic (exact) mass is 306 g/mol. The van der Waals surface area contributed by atoms with Gasteiger partial charge in [0.25, 0.3) is 0 Å². The van der Waals surface area contributed by atoms with E-state index in [-0.39, 0.29) is 6.42 Å². The largest absolute Gasteiger partial charge is 0.469 e. The maximum absolute atomic E-state index is 11.9. The maximum atomic E-state index is 11.9. The van der Waals surface area contributed by atoms with Crippen molar-refractivity contribution in [3.05, 3.63) is 30.3 Å². The summed E-state index contributed by atoms with van der Waals surface area (Å²) in [7, 11) is 2.66. The summed E-state index contributed by atoms with van der Waals surface area (Å²) in [6, 6.07) is 9.58. The van der Waals surface area contributed by atoms with E-state index >= 15 is 0 Å². The van der Waals surface area contributed by atoms with Gasteiger partial charge in [-0.25, -0.2) is 0 Å². The maximum Gasteiger partial charge on any atom is 0.323 e. The number of hydrogen-bond donors (Lipinski definition) is 0. The molecule has 1 unspecified atom stereocenters. The molecule has 1 saturated heterocycles. The first kappa shape index (κ1) is 16.3. The molecule has 1 aliphatic rings. The van der Waals surface area contributed by atoms with Crippen LogP contribution in [-0.2, 0) is 19.1 Å². The fourth-order valence-electron chi connectivity index (χ4n) is 2.67. The number of anilines is 1. The van der Waals surface area contributed by atoms with Crippen molar-refractivity contribution >= 4 is 17.6 Å². The molecule has 0 aliphatic carbocycles. The van der Waals surface area contributed by atoms with Crippen LogP contribution in [0.4, 0.5) is 5.69 Å². The van der Waals surface area contributed by atoms with Crippen molar-refractivity contribution in [1.29, 1.82) is 0 Å². The third-order valence-corrected chi connectivity index (χ3v) is 3.94. The van der Waals surface area contributed by atoms with Crippen molar-refractivity contribution in [2.45, 2.75) is 12.5 Å². The molecule has 6 heteroatoms. The summed E-state index contributed by atoms with van der Waals surface area (Å²) < 4.78 is 9.49. The molecular formula is C16H22N2O4. The lowest BCUT2D eigenvalue weighted by Gasteiger charge is -2.38. The van der Waals surface area contributed by atoms with E-state index in [2.05, 4.69) is 21.8 Å². The van der Waals surface area contributed by atoms with Crippen LogP contribution in [-0.4, -0.2) is 63.3 Å². The van der Waals surface area contributed by atoms with E-state index in [9.17, 15) is 9.59 Å². The lowest BCUT2D eigenvalue weighted by molar-refractivity contribution is -0.153. The van der Waals surface area contributed by atoms with E-state index < -0.39 is 18.0 Å². The van der Waals surface area contributed by atoms with Crippen LogP contribution in [0.25, 0.3) is 0 Å². The van der Waals surface area contributed by atoms with E-state index in [0.29, 0.717) is 13.1 Å². The number of methoxy groups -OCH3 is 2. The second-order valence-electron chi connectivity index (χ2n) is 5.18. The van der Waals surface area contributed by atoms with Crippen molar-refractivity contribution < 1.29 is 19.1 Å². The predicted molar refractivity (Wildman–Crippen MR) is 82.7 cm³/mol. The van der Waals surface area contributed by atoms with Gasteiger partial charge in [-0.3, -0.25) is 14.5 Å². The van der Waals surface area contributed by atoms with Crippen LogP contribution in [0.1, 0.15) is 6.42 Å².